The van der Waals surface area contributed by atoms with Crippen LogP contribution in [0.3, 0.4) is 0 Å². The Morgan fingerprint density at radius 3 is 2.47 bits per heavy atom. The minimum atomic E-state index is -0.268. The van der Waals surface area contributed by atoms with Crippen LogP contribution in [0.15, 0.2) is 79.0 Å². The van der Waals surface area contributed by atoms with Crippen LogP contribution in [0.1, 0.15) is 5.82 Å². The molecule has 0 bridgehead atoms. The highest BCUT2D eigenvalue weighted by Crippen LogP contribution is 2.24. The first-order valence-corrected chi connectivity index (χ1v) is 9.82. The molecular formula is C23H17ClFN5. The molecule has 148 valence electrons. The quantitative estimate of drug-likeness (QED) is 0.379. The molecule has 5 rings (SSSR count). The summed E-state index contributed by atoms with van der Waals surface area (Å²) in [4.78, 5) is 12.8. The summed E-state index contributed by atoms with van der Waals surface area (Å²) in [5, 5.41) is 3.96. The van der Waals surface area contributed by atoms with Gasteiger partial charge in [-0.05, 0) is 60.7 Å². The molecule has 0 spiro atoms. The third-order valence-corrected chi connectivity index (χ3v) is 5.06. The van der Waals surface area contributed by atoms with Gasteiger partial charge in [0, 0.05) is 22.6 Å². The van der Waals surface area contributed by atoms with Gasteiger partial charge >= 0.3 is 0 Å². The molecule has 0 saturated carbocycles. The van der Waals surface area contributed by atoms with Gasteiger partial charge in [-0.3, -0.25) is 0 Å². The van der Waals surface area contributed by atoms with Gasteiger partial charge in [0.1, 0.15) is 17.3 Å². The van der Waals surface area contributed by atoms with Gasteiger partial charge in [-0.1, -0.05) is 23.7 Å². The van der Waals surface area contributed by atoms with Crippen molar-refractivity contribution < 1.29 is 4.39 Å². The molecule has 0 saturated heterocycles. The van der Waals surface area contributed by atoms with Crippen LogP contribution in [0, 0.1) is 5.82 Å². The van der Waals surface area contributed by atoms with Crippen molar-refractivity contribution in [1.82, 2.24) is 19.5 Å². The van der Waals surface area contributed by atoms with Gasteiger partial charge in [0.15, 0.2) is 5.82 Å². The number of rotatable bonds is 5. The molecule has 2 heterocycles. The number of anilines is 1. The van der Waals surface area contributed by atoms with E-state index in [0.29, 0.717) is 17.4 Å². The number of nitrogens with zero attached hydrogens (tertiary/aromatic N) is 3. The molecule has 5 nitrogen and oxygen atoms in total. The number of benzene rings is 3. The van der Waals surface area contributed by atoms with Crippen LogP contribution < -0.4 is 5.32 Å². The summed E-state index contributed by atoms with van der Waals surface area (Å²) in [6.45, 7) is 0.453. The fraction of sp³-hybridized carbons (Fsp3) is 0.0435. The highest BCUT2D eigenvalue weighted by molar-refractivity contribution is 6.30. The number of imidazole rings is 2. The highest BCUT2D eigenvalue weighted by Gasteiger charge is 2.14. The molecule has 0 radical (unpaired) electrons. The maximum absolute atomic E-state index is 13.2. The minimum absolute atomic E-state index is 0.268. The molecule has 7 heteroatoms. The standard InChI is InChI=1S/C23H17ClFN5/c24-15-5-11-18(12-6-15)30-14-21(23-28-19-3-1-2-4-20(19)29-23)27-22(30)13-26-17-9-7-16(25)8-10-17/h1-12,14,26H,13H2,(H,28,29). The largest absolute Gasteiger partial charge is 0.378 e. The average molecular weight is 418 g/mol. The van der Waals surface area contributed by atoms with Crippen LogP contribution in [0.2, 0.25) is 5.02 Å². The number of aromatic amines is 1. The van der Waals surface area contributed by atoms with E-state index >= 15 is 0 Å². The predicted octanol–water partition coefficient (Wildman–Crippen LogP) is 5.82. The first-order chi connectivity index (χ1) is 14.7. The van der Waals surface area contributed by atoms with Crippen LogP contribution in [0.4, 0.5) is 10.1 Å². The molecule has 0 aliphatic heterocycles. The monoisotopic (exact) mass is 417 g/mol. The van der Waals surface area contributed by atoms with Gasteiger partial charge in [0.2, 0.25) is 0 Å². The second-order valence-corrected chi connectivity index (χ2v) is 7.29. The van der Waals surface area contributed by atoms with Gasteiger partial charge in [-0.25, -0.2) is 14.4 Å². The summed E-state index contributed by atoms with van der Waals surface area (Å²) in [6.07, 6.45) is 1.95. The van der Waals surface area contributed by atoms with Crippen molar-refractivity contribution in [2.24, 2.45) is 0 Å². The molecule has 3 aromatic carbocycles. The number of halogens is 2. The fourth-order valence-electron chi connectivity index (χ4n) is 3.31. The zero-order valence-electron chi connectivity index (χ0n) is 15.8. The predicted molar refractivity (Wildman–Crippen MR) is 117 cm³/mol. The Hall–Kier alpha value is -3.64. The second-order valence-electron chi connectivity index (χ2n) is 6.85. The molecule has 0 fully saturated rings. The molecular weight excluding hydrogens is 401 g/mol. The number of hydrogen-bond donors (Lipinski definition) is 2. The topological polar surface area (TPSA) is 58.5 Å². The number of hydrogen-bond acceptors (Lipinski definition) is 3. The molecule has 30 heavy (non-hydrogen) atoms. The lowest BCUT2D eigenvalue weighted by molar-refractivity contribution is 0.628. The van der Waals surface area contributed by atoms with E-state index in [1.165, 1.54) is 12.1 Å². The van der Waals surface area contributed by atoms with E-state index in [9.17, 15) is 4.39 Å². The number of nitrogens with one attached hydrogen (secondary N) is 2. The Bertz CT molecular complexity index is 1270. The Labute approximate surface area is 177 Å². The van der Waals surface area contributed by atoms with Crippen molar-refractivity contribution in [2.75, 3.05) is 5.32 Å². The number of para-hydroxylation sites is 2. The normalized spacial score (nSPS) is 11.1. The first-order valence-electron chi connectivity index (χ1n) is 9.44. The van der Waals surface area contributed by atoms with E-state index in [0.717, 1.165) is 33.9 Å². The molecule has 2 N–H and O–H groups in total. The summed E-state index contributed by atoms with van der Waals surface area (Å²) in [5.74, 6) is 1.22. The van der Waals surface area contributed by atoms with Crippen molar-refractivity contribution in [3.63, 3.8) is 0 Å². The zero-order valence-corrected chi connectivity index (χ0v) is 16.6. The Kier molecular flexibility index (Phi) is 4.69. The maximum atomic E-state index is 13.2. The summed E-state index contributed by atoms with van der Waals surface area (Å²) in [7, 11) is 0. The van der Waals surface area contributed by atoms with E-state index < -0.39 is 0 Å². The van der Waals surface area contributed by atoms with Crippen molar-refractivity contribution in [1.29, 1.82) is 0 Å². The summed E-state index contributed by atoms with van der Waals surface area (Å²) in [5.41, 5.74) is 4.33. The summed E-state index contributed by atoms with van der Waals surface area (Å²) < 4.78 is 15.2. The maximum Gasteiger partial charge on any atom is 0.158 e. The van der Waals surface area contributed by atoms with Crippen molar-refractivity contribution in [2.45, 2.75) is 6.54 Å². The van der Waals surface area contributed by atoms with Crippen molar-refractivity contribution in [3.8, 4) is 17.2 Å². The van der Waals surface area contributed by atoms with Crippen molar-refractivity contribution >= 4 is 28.3 Å². The van der Waals surface area contributed by atoms with Crippen LogP contribution >= 0.6 is 11.6 Å². The number of aromatic nitrogens is 4. The molecule has 0 unspecified atom stereocenters. The Morgan fingerprint density at radius 1 is 0.933 bits per heavy atom. The lowest BCUT2D eigenvalue weighted by Gasteiger charge is -2.10. The molecule has 2 aromatic heterocycles. The van der Waals surface area contributed by atoms with E-state index in [4.69, 9.17) is 16.6 Å². The van der Waals surface area contributed by atoms with Crippen LogP contribution in [0.5, 0.6) is 0 Å². The van der Waals surface area contributed by atoms with Crippen molar-refractivity contribution in [3.05, 3.63) is 95.7 Å². The third-order valence-electron chi connectivity index (χ3n) is 4.81. The van der Waals surface area contributed by atoms with Gasteiger partial charge in [-0.2, -0.15) is 0 Å². The smallest absolute Gasteiger partial charge is 0.158 e. The number of H-pyrrole nitrogens is 1. The lowest BCUT2D eigenvalue weighted by Crippen LogP contribution is -2.07. The van der Waals surface area contributed by atoms with Gasteiger partial charge in [0.05, 0.1) is 17.6 Å². The van der Waals surface area contributed by atoms with E-state index in [2.05, 4.69) is 15.3 Å². The van der Waals surface area contributed by atoms with Gasteiger partial charge < -0.3 is 14.9 Å². The summed E-state index contributed by atoms with van der Waals surface area (Å²) >= 11 is 6.06. The highest BCUT2D eigenvalue weighted by atomic mass is 35.5. The SMILES string of the molecule is Fc1ccc(NCc2nc(-c3nc4ccccc4[nH]3)cn2-c2ccc(Cl)cc2)cc1. The van der Waals surface area contributed by atoms with Crippen LogP contribution in [-0.4, -0.2) is 19.5 Å². The van der Waals surface area contributed by atoms with E-state index in [1.807, 2.05) is 59.3 Å². The Morgan fingerprint density at radius 2 is 1.70 bits per heavy atom. The Balaban J connectivity index is 1.53. The second kappa shape index (κ2) is 7.65. The van der Waals surface area contributed by atoms with E-state index in [1.54, 1.807) is 12.1 Å². The minimum Gasteiger partial charge on any atom is -0.378 e. The van der Waals surface area contributed by atoms with Crippen LogP contribution in [-0.2, 0) is 6.54 Å². The third kappa shape index (κ3) is 3.65. The van der Waals surface area contributed by atoms with Crippen LogP contribution in [0.25, 0.3) is 28.2 Å². The van der Waals surface area contributed by atoms with Gasteiger partial charge in [-0.15, -0.1) is 0 Å². The summed E-state index contributed by atoms with van der Waals surface area (Å²) in [6, 6.07) is 21.7. The van der Waals surface area contributed by atoms with Gasteiger partial charge in [0.25, 0.3) is 0 Å². The first kappa shape index (κ1) is 18.4. The lowest BCUT2D eigenvalue weighted by atomic mass is 10.3. The molecule has 0 atom stereocenters. The average Bonchev–Trinajstić information content (AvgIpc) is 3.38. The molecule has 5 aromatic rings. The molecule has 0 aliphatic rings. The zero-order chi connectivity index (χ0) is 20.5. The van der Waals surface area contributed by atoms with E-state index in [-0.39, 0.29) is 5.82 Å². The molecule has 0 aliphatic carbocycles. The fourth-order valence-corrected chi connectivity index (χ4v) is 3.43. The molecule has 0 amide bonds. The number of fused-ring (bicyclic) bond motifs is 1.